The summed E-state index contributed by atoms with van der Waals surface area (Å²) in [5, 5.41) is 5.47. The third kappa shape index (κ3) is 2.16. The molecular weight excluding hydrogens is 418 g/mol. The van der Waals surface area contributed by atoms with Crippen molar-refractivity contribution in [3.05, 3.63) is 69.6 Å². The van der Waals surface area contributed by atoms with Gasteiger partial charge in [-0.25, -0.2) is 15.0 Å². The summed E-state index contributed by atoms with van der Waals surface area (Å²) >= 11 is 6.14. The van der Waals surface area contributed by atoms with Crippen LogP contribution in [0.2, 0.25) is 5.02 Å². The highest BCUT2D eigenvalue weighted by atomic mass is 35.5. The van der Waals surface area contributed by atoms with Crippen molar-refractivity contribution in [2.75, 3.05) is 11.4 Å². The summed E-state index contributed by atoms with van der Waals surface area (Å²) in [5.74, 6) is 3.08. The third-order valence-electron chi connectivity index (χ3n) is 7.04. The number of nitrogens with zero attached hydrogens (tertiary/aromatic N) is 7. The van der Waals surface area contributed by atoms with Crippen molar-refractivity contribution in [2.45, 2.75) is 24.9 Å². The monoisotopic (exact) mass is 433 g/mol. The molecule has 6 heterocycles. The first-order chi connectivity index (χ1) is 15.1. The molecule has 4 aliphatic rings. The summed E-state index contributed by atoms with van der Waals surface area (Å²) in [6.45, 7) is 2.98. The Labute approximate surface area is 180 Å². The Kier molecular flexibility index (Phi) is 3.18. The van der Waals surface area contributed by atoms with Gasteiger partial charge < -0.3 is 9.42 Å². The standard InChI is InChI=1S/C21H16ClN7O2/c1-10-2-4-24-18-15(10)19(30)28(9-25-18)8-14-26-20(27-31-14)21-12-7-29(17(21)16(12)21)13-6-11(22)3-5-23-13/h2-6,9,12,16-17H,7-8H2,1H3/t12-,16-,17?,21-/m0/s1. The second kappa shape index (κ2) is 5.67. The molecular formula is C21H16ClN7O2. The Balaban J connectivity index is 1.17. The third-order valence-corrected chi connectivity index (χ3v) is 7.27. The minimum Gasteiger partial charge on any atom is -0.352 e. The molecule has 0 amide bonds. The molecule has 2 aliphatic carbocycles. The predicted molar refractivity (Wildman–Crippen MR) is 111 cm³/mol. The number of aromatic nitrogens is 6. The molecule has 4 aromatic rings. The van der Waals surface area contributed by atoms with Crippen LogP contribution in [-0.4, -0.2) is 42.2 Å². The predicted octanol–water partition coefficient (Wildman–Crippen LogP) is 1.97. The van der Waals surface area contributed by atoms with E-state index in [2.05, 4.69) is 30.0 Å². The number of anilines is 1. The van der Waals surface area contributed by atoms with Gasteiger partial charge in [0.25, 0.3) is 5.56 Å². The Morgan fingerprint density at radius 2 is 2.13 bits per heavy atom. The van der Waals surface area contributed by atoms with E-state index in [1.54, 1.807) is 24.5 Å². The highest BCUT2D eigenvalue weighted by Gasteiger charge is 2.95. The van der Waals surface area contributed by atoms with Crippen LogP contribution in [0.3, 0.4) is 0 Å². The van der Waals surface area contributed by atoms with Gasteiger partial charge in [-0.05, 0) is 36.6 Å². The molecule has 8 rings (SSSR count). The van der Waals surface area contributed by atoms with E-state index in [-0.39, 0.29) is 17.5 Å². The van der Waals surface area contributed by atoms with Gasteiger partial charge in [0, 0.05) is 35.9 Å². The minimum atomic E-state index is -0.164. The number of hydrogen-bond donors (Lipinski definition) is 0. The normalized spacial score (nSPS) is 27.5. The van der Waals surface area contributed by atoms with Crippen molar-refractivity contribution in [2.24, 2.45) is 11.8 Å². The lowest BCUT2D eigenvalue weighted by Crippen LogP contribution is -2.24. The van der Waals surface area contributed by atoms with E-state index < -0.39 is 0 Å². The quantitative estimate of drug-likeness (QED) is 0.481. The summed E-state index contributed by atoms with van der Waals surface area (Å²) in [7, 11) is 0. The van der Waals surface area contributed by atoms with Gasteiger partial charge in [-0.2, -0.15) is 4.98 Å². The van der Waals surface area contributed by atoms with Crippen LogP contribution in [-0.2, 0) is 12.0 Å². The van der Waals surface area contributed by atoms with Gasteiger partial charge in [-0.3, -0.25) is 9.36 Å². The molecule has 4 atom stereocenters. The topological polar surface area (TPSA) is 103 Å². The first-order valence-corrected chi connectivity index (χ1v) is 10.5. The van der Waals surface area contributed by atoms with Crippen molar-refractivity contribution < 1.29 is 4.52 Å². The largest absolute Gasteiger partial charge is 0.352 e. The van der Waals surface area contributed by atoms with Gasteiger partial charge in [0.2, 0.25) is 5.89 Å². The number of hydrogen-bond acceptors (Lipinski definition) is 8. The maximum Gasteiger partial charge on any atom is 0.263 e. The zero-order valence-corrected chi connectivity index (χ0v) is 17.2. The van der Waals surface area contributed by atoms with Crippen LogP contribution in [0, 0.1) is 18.8 Å². The average molecular weight is 434 g/mol. The van der Waals surface area contributed by atoms with Crippen molar-refractivity contribution in [1.82, 2.24) is 29.7 Å². The fourth-order valence-electron chi connectivity index (χ4n) is 5.50. The van der Waals surface area contributed by atoms with Crippen molar-refractivity contribution in [3.8, 4) is 0 Å². The Bertz CT molecular complexity index is 1440. The molecule has 1 unspecified atom stereocenters. The van der Waals surface area contributed by atoms with E-state index in [4.69, 9.17) is 16.1 Å². The van der Waals surface area contributed by atoms with Crippen LogP contribution in [0.5, 0.6) is 0 Å². The molecule has 2 saturated carbocycles. The number of fused-ring (bicyclic) bond motifs is 2. The van der Waals surface area contributed by atoms with Gasteiger partial charge in [0.05, 0.1) is 10.8 Å². The van der Waals surface area contributed by atoms with E-state index >= 15 is 0 Å². The minimum absolute atomic E-state index is 0.0428. The number of aryl methyl sites for hydroxylation is 1. The second-order valence-electron chi connectivity index (χ2n) is 8.51. The highest BCUT2D eigenvalue weighted by molar-refractivity contribution is 6.30. The number of halogens is 1. The molecule has 10 heteroatoms. The lowest BCUT2D eigenvalue weighted by Gasteiger charge is -2.17. The van der Waals surface area contributed by atoms with Crippen LogP contribution in [0.1, 0.15) is 17.3 Å². The molecule has 0 spiro atoms. The van der Waals surface area contributed by atoms with E-state index in [1.165, 1.54) is 10.9 Å². The number of pyridine rings is 2. The van der Waals surface area contributed by atoms with Gasteiger partial charge in [-0.15, -0.1) is 0 Å². The SMILES string of the molecule is Cc1ccnc2ncn(Cc3nc([C@]45C6[C@@H]4[C@@H]5CN6c4cc(Cl)ccn4)no3)c(=O)c12. The van der Waals surface area contributed by atoms with E-state index in [9.17, 15) is 4.79 Å². The fourth-order valence-corrected chi connectivity index (χ4v) is 5.66. The smallest absolute Gasteiger partial charge is 0.263 e. The Hall–Kier alpha value is -3.33. The summed E-state index contributed by atoms with van der Waals surface area (Å²) in [4.78, 5) is 32.8. The summed E-state index contributed by atoms with van der Waals surface area (Å²) < 4.78 is 7.01. The zero-order valence-electron chi connectivity index (χ0n) is 16.4. The Morgan fingerprint density at radius 1 is 1.26 bits per heavy atom. The molecule has 9 nitrogen and oxygen atoms in total. The molecule has 31 heavy (non-hydrogen) atoms. The Morgan fingerprint density at radius 3 is 2.97 bits per heavy atom. The molecule has 4 fully saturated rings. The zero-order chi connectivity index (χ0) is 20.9. The lowest BCUT2D eigenvalue weighted by molar-refractivity contribution is 0.362. The van der Waals surface area contributed by atoms with E-state index in [0.29, 0.717) is 39.8 Å². The van der Waals surface area contributed by atoms with Gasteiger partial charge in [-0.1, -0.05) is 16.8 Å². The summed E-state index contributed by atoms with van der Waals surface area (Å²) in [6.07, 6.45) is 4.86. The van der Waals surface area contributed by atoms with Crippen LogP contribution < -0.4 is 10.5 Å². The van der Waals surface area contributed by atoms with Crippen molar-refractivity contribution in [1.29, 1.82) is 0 Å². The molecule has 0 N–H and O–H groups in total. The molecule has 0 radical (unpaired) electrons. The summed E-state index contributed by atoms with van der Waals surface area (Å²) in [6, 6.07) is 5.82. The maximum absolute atomic E-state index is 12.9. The molecule has 4 aromatic heterocycles. The first kappa shape index (κ1) is 17.4. The number of piperidine rings is 1. The summed E-state index contributed by atoms with van der Waals surface area (Å²) in [5.41, 5.74) is 1.07. The van der Waals surface area contributed by atoms with Gasteiger partial charge >= 0.3 is 0 Å². The van der Waals surface area contributed by atoms with Crippen LogP contribution in [0.25, 0.3) is 11.0 Å². The molecule has 154 valence electrons. The molecule has 2 bridgehead atoms. The van der Waals surface area contributed by atoms with Crippen LogP contribution >= 0.6 is 11.6 Å². The highest BCUT2D eigenvalue weighted by Crippen LogP contribution is 2.85. The van der Waals surface area contributed by atoms with Gasteiger partial charge in [0.1, 0.15) is 18.7 Å². The van der Waals surface area contributed by atoms with E-state index in [0.717, 1.165) is 23.8 Å². The second-order valence-corrected chi connectivity index (χ2v) is 8.95. The fraction of sp³-hybridized carbons (Fsp3) is 0.333. The number of rotatable bonds is 4. The van der Waals surface area contributed by atoms with Crippen LogP contribution in [0.15, 0.2) is 46.2 Å². The van der Waals surface area contributed by atoms with Crippen molar-refractivity contribution >= 4 is 28.5 Å². The van der Waals surface area contributed by atoms with Gasteiger partial charge in [0.15, 0.2) is 11.5 Å². The molecule has 2 aliphatic heterocycles. The van der Waals surface area contributed by atoms with Crippen LogP contribution in [0.4, 0.5) is 5.82 Å². The first-order valence-electron chi connectivity index (χ1n) is 10.1. The maximum atomic E-state index is 12.9. The molecule has 2 saturated heterocycles. The molecule has 0 aromatic carbocycles. The average Bonchev–Trinajstić information content (AvgIpc) is 3.30. The lowest BCUT2D eigenvalue weighted by atomic mass is 10.1. The van der Waals surface area contributed by atoms with E-state index in [1.807, 2.05) is 13.0 Å². The van der Waals surface area contributed by atoms with Crippen molar-refractivity contribution in [3.63, 3.8) is 0 Å².